The van der Waals surface area contributed by atoms with E-state index in [1.54, 1.807) is 11.1 Å². The van der Waals surface area contributed by atoms with E-state index in [0.29, 0.717) is 0 Å². The van der Waals surface area contributed by atoms with Crippen molar-refractivity contribution in [3.8, 4) is 0 Å². The SMILES string of the molecule is [H-].[Na+].[Pd].c1ccc2c(c1)ccc1c3c(ccc12)CCCC3. The van der Waals surface area contributed by atoms with Crippen LogP contribution in [0.25, 0.3) is 21.5 Å². The van der Waals surface area contributed by atoms with Crippen molar-refractivity contribution >= 4 is 21.5 Å². The van der Waals surface area contributed by atoms with Crippen LogP contribution in [0.3, 0.4) is 0 Å². The van der Waals surface area contributed by atoms with Crippen LogP contribution in [0.5, 0.6) is 0 Å². The van der Waals surface area contributed by atoms with Gasteiger partial charge in [-0.1, -0.05) is 48.5 Å². The van der Waals surface area contributed by atoms with Crippen LogP contribution in [-0.4, -0.2) is 0 Å². The van der Waals surface area contributed by atoms with Crippen molar-refractivity contribution in [3.05, 3.63) is 59.7 Å². The van der Waals surface area contributed by atoms with E-state index in [0.717, 1.165) is 0 Å². The Kier molecular flexibility index (Phi) is 5.46. The standard InChI is InChI=1S/C18H16.Na.Pd.H/c1-3-7-15-13(5-1)9-11-18-16-8-4-2-6-14(16)10-12-17(15)18;;;/h1,3,5,7,9-12H,2,4,6,8H2;;;/q;+1;;-1. The van der Waals surface area contributed by atoms with E-state index >= 15 is 0 Å². The molecule has 0 heterocycles. The van der Waals surface area contributed by atoms with Crippen molar-refractivity contribution in [2.45, 2.75) is 25.7 Å². The van der Waals surface area contributed by atoms with Gasteiger partial charge < -0.3 is 1.43 Å². The molecule has 20 heavy (non-hydrogen) atoms. The van der Waals surface area contributed by atoms with Gasteiger partial charge in [-0.3, -0.25) is 0 Å². The first-order valence-corrected chi connectivity index (χ1v) is 6.86. The molecule has 0 aromatic heterocycles. The number of fused-ring (bicyclic) bond motifs is 5. The first-order valence-electron chi connectivity index (χ1n) is 6.86. The molecule has 0 aliphatic heterocycles. The first-order chi connectivity index (χ1) is 8.93. The molecular formula is C18H17NaPd. The van der Waals surface area contributed by atoms with E-state index in [1.165, 1.54) is 47.2 Å². The summed E-state index contributed by atoms with van der Waals surface area (Å²) in [5, 5.41) is 5.64. The molecule has 3 aromatic rings. The van der Waals surface area contributed by atoms with Gasteiger partial charge in [-0.05, 0) is 58.4 Å². The predicted molar refractivity (Wildman–Crippen MR) is 79.2 cm³/mol. The summed E-state index contributed by atoms with van der Waals surface area (Å²) in [6, 6.07) is 18.0. The normalized spacial score (nSPS) is 13.4. The van der Waals surface area contributed by atoms with E-state index in [2.05, 4.69) is 48.5 Å². The van der Waals surface area contributed by atoms with Crippen LogP contribution >= 0.6 is 0 Å². The molecule has 0 bridgehead atoms. The van der Waals surface area contributed by atoms with Crippen LogP contribution in [0.2, 0.25) is 0 Å². The molecule has 4 rings (SSSR count). The van der Waals surface area contributed by atoms with Crippen LogP contribution in [0.1, 0.15) is 25.4 Å². The van der Waals surface area contributed by atoms with Crippen molar-refractivity contribution in [3.63, 3.8) is 0 Å². The molecule has 0 saturated carbocycles. The maximum Gasteiger partial charge on any atom is 1.00 e. The Morgan fingerprint density at radius 3 is 2.35 bits per heavy atom. The molecule has 1 aliphatic carbocycles. The molecule has 0 N–H and O–H groups in total. The largest absolute Gasteiger partial charge is 1.00 e. The third-order valence-electron chi connectivity index (χ3n) is 4.26. The summed E-state index contributed by atoms with van der Waals surface area (Å²) in [5.74, 6) is 0. The van der Waals surface area contributed by atoms with Gasteiger partial charge in [0.2, 0.25) is 0 Å². The maximum atomic E-state index is 2.35. The summed E-state index contributed by atoms with van der Waals surface area (Å²) in [6.07, 6.45) is 5.22. The number of aryl methyl sites for hydroxylation is 2. The minimum absolute atomic E-state index is 0. The second-order valence-electron chi connectivity index (χ2n) is 5.29. The molecule has 0 saturated heterocycles. The fourth-order valence-electron chi connectivity index (χ4n) is 3.34. The fourth-order valence-corrected chi connectivity index (χ4v) is 3.34. The summed E-state index contributed by atoms with van der Waals surface area (Å²) < 4.78 is 0. The van der Waals surface area contributed by atoms with Crippen LogP contribution < -0.4 is 29.6 Å². The molecule has 0 atom stereocenters. The summed E-state index contributed by atoms with van der Waals surface area (Å²) in [5.41, 5.74) is 3.17. The zero-order valence-corrected chi connectivity index (χ0v) is 15.3. The zero-order valence-electron chi connectivity index (χ0n) is 12.8. The summed E-state index contributed by atoms with van der Waals surface area (Å²) in [7, 11) is 0. The Bertz CT molecular complexity index is 755. The third kappa shape index (κ3) is 2.63. The second-order valence-corrected chi connectivity index (χ2v) is 5.29. The molecule has 0 spiro atoms. The van der Waals surface area contributed by atoms with E-state index in [9.17, 15) is 0 Å². The number of benzene rings is 3. The molecule has 2 heteroatoms. The average Bonchev–Trinajstić information content (AvgIpc) is 2.46. The number of hydrogen-bond donors (Lipinski definition) is 0. The van der Waals surface area contributed by atoms with Gasteiger partial charge in [-0.25, -0.2) is 0 Å². The van der Waals surface area contributed by atoms with Gasteiger partial charge in [0, 0.05) is 20.4 Å². The molecule has 3 aromatic carbocycles. The minimum Gasteiger partial charge on any atom is -1.00 e. The number of hydrogen-bond acceptors (Lipinski definition) is 0. The third-order valence-corrected chi connectivity index (χ3v) is 4.26. The monoisotopic (exact) mass is 362 g/mol. The van der Waals surface area contributed by atoms with Gasteiger partial charge >= 0.3 is 29.6 Å². The first kappa shape index (κ1) is 16.2. The Morgan fingerprint density at radius 1 is 0.700 bits per heavy atom. The summed E-state index contributed by atoms with van der Waals surface area (Å²) in [6.45, 7) is 0. The van der Waals surface area contributed by atoms with Gasteiger partial charge in [-0.15, -0.1) is 0 Å². The Hall–Kier alpha value is -0.158. The molecule has 0 radical (unpaired) electrons. The Balaban J connectivity index is 0.000000735. The molecule has 0 amide bonds. The molecule has 1 aliphatic rings. The molecular weight excluding hydrogens is 346 g/mol. The topological polar surface area (TPSA) is 0 Å². The predicted octanol–water partition coefficient (Wildman–Crippen LogP) is 1.99. The molecule has 100 valence electrons. The second kappa shape index (κ2) is 6.74. The van der Waals surface area contributed by atoms with E-state index in [-0.39, 0.29) is 51.4 Å². The Labute approximate surface area is 157 Å². The number of rotatable bonds is 0. The zero-order chi connectivity index (χ0) is 11.9. The van der Waals surface area contributed by atoms with Gasteiger partial charge in [0.1, 0.15) is 0 Å². The maximum absolute atomic E-state index is 2.35. The average molecular weight is 363 g/mol. The quantitative estimate of drug-likeness (QED) is 0.424. The van der Waals surface area contributed by atoms with E-state index in [4.69, 9.17) is 0 Å². The molecule has 0 nitrogen and oxygen atoms in total. The summed E-state index contributed by atoms with van der Waals surface area (Å²) in [4.78, 5) is 0. The van der Waals surface area contributed by atoms with Crippen LogP contribution in [0.4, 0.5) is 0 Å². The van der Waals surface area contributed by atoms with Crippen LogP contribution in [0, 0.1) is 0 Å². The van der Waals surface area contributed by atoms with Crippen molar-refractivity contribution in [2.24, 2.45) is 0 Å². The van der Waals surface area contributed by atoms with Gasteiger partial charge in [0.25, 0.3) is 0 Å². The molecule has 0 fully saturated rings. The Morgan fingerprint density at radius 2 is 1.45 bits per heavy atom. The van der Waals surface area contributed by atoms with Crippen molar-refractivity contribution in [1.82, 2.24) is 0 Å². The van der Waals surface area contributed by atoms with Crippen molar-refractivity contribution in [1.29, 1.82) is 0 Å². The van der Waals surface area contributed by atoms with E-state index < -0.39 is 0 Å². The summed E-state index contributed by atoms with van der Waals surface area (Å²) >= 11 is 0. The van der Waals surface area contributed by atoms with Crippen molar-refractivity contribution < 1.29 is 51.4 Å². The fraction of sp³-hybridized carbons (Fsp3) is 0.222. The minimum atomic E-state index is 0. The van der Waals surface area contributed by atoms with Crippen LogP contribution in [-0.2, 0) is 33.3 Å². The smallest absolute Gasteiger partial charge is 1.00 e. The van der Waals surface area contributed by atoms with Gasteiger partial charge in [0.05, 0.1) is 0 Å². The van der Waals surface area contributed by atoms with Gasteiger partial charge in [0.15, 0.2) is 0 Å². The molecule has 0 unspecified atom stereocenters. The van der Waals surface area contributed by atoms with E-state index in [1.807, 2.05) is 0 Å². The van der Waals surface area contributed by atoms with Crippen LogP contribution in [0.15, 0.2) is 48.5 Å². The van der Waals surface area contributed by atoms with Gasteiger partial charge in [-0.2, -0.15) is 0 Å². The van der Waals surface area contributed by atoms with Crippen molar-refractivity contribution in [2.75, 3.05) is 0 Å².